The lowest BCUT2D eigenvalue weighted by Crippen LogP contribution is -2.40. The average molecular weight is 251 g/mol. The van der Waals surface area contributed by atoms with Crippen molar-refractivity contribution in [2.24, 2.45) is 23.7 Å². The van der Waals surface area contributed by atoms with Gasteiger partial charge in [-0.15, -0.1) is 0 Å². The van der Waals surface area contributed by atoms with E-state index in [9.17, 15) is 14.7 Å². The van der Waals surface area contributed by atoms with Crippen LogP contribution in [-0.2, 0) is 9.59 Å². The summed E-state index contributed by atoms with van der Waals surface area (Å²) < 4.78 is 0. The zero-order chi connectivity index (χ0) is 13.1. The lowest BCUT2D eigenvalue weighted by molar-refractivity contribution is -0.147. The van der Waals surface area contributed by atoms with E-state index in [2.05, 4.69) is 12.2 Å². The number of aliphatic carboxylic acids is 1. The van der Waals surface area contributed by atoms with Crippen LogP contribution in [0.3, 0.4) is 0 Å². The van der Waals surface area contributed by atoms with Crippen LogP contribution in [0.25, 0.3) is 0 Å². The minimum Gasteiger partial charge on any atom is -0.481 e. The molecule has 1 amide bonds. The summed E-state index contributed by atoms with van der Waals surface area (Å²) in [6.07, 6.45) is 7.98. The maximum atomic E-state index is 12.1. The third kappa shape index (κ3) is 2.42. The average Bonchev–Trinajstić information content (AvgIpc) is 2.94. The second kappa shape index (κ2) is 5.55. The van der Waals surface area contributed by atoms with Gasteiger partial charge in [0.25, 0.3) is 0 Å². The van der Waals surface area contributed by atoms with Gasteiger partial charge in [-0.3, -0.25) is 9.59 Å². The smallest absolute Gasteiger partial charge is 0.307 e. The molecular formula is C14H21NO3. The minimum atomic E-state index is -0.833. The topological polar surface area (TPSA) is 66.4 Å². The molecule has 2 bridgehead atoms. The molecule has 0 spiro atoms. The summed E-state index contributed by atoms with van der Waals surface area (Å²) >= 11 is 0. The molecule has 1 fully saturated rings. The molecule has 0 heterocycles. The molecule has 0 aliphatic heterocycles. The Labute approximate surface area is 107 Å². The number of hydrogen-bond acceptors (Lipinski definition) is 2. The molecule has 100 valence electrons. The van der Waals surface area contributed by atoms with Gasteiger partial charge in [-0.1, -0.05) is 31.9 Å². The summed E-state index contributed by atoms with van der Waals surface area (Å²) in [5, 5.41) is 12.1. The van der Waals surface area contributed by atoms with E-state index in [1.54, 1.807) is 0 Å². The number of carbonyl (C=O) groups is 2. The highest BCUT2D eigenvalue weighted by Gasteiger charge is 2.51. The van der Waals surface area contributed by atoms with Crippen LogP contribution in [0.5, 0.6) is 0 Å². The Morgan fingerprint density at radius 1 is 1.22 bits per heavy atom. The summed E-state index contributed by atoms with van der Waals surface area (Å²) in [6, 6.07) is 0. The van der Waals surface area contributed by atoms with Crippen LogP contribution in [0.15, 0.2) is 12.2 Å². The van der Waals surface area contributed by atoms with Crippen LogP contribution in [0, 0.1) is 23.7 Å². The van der Waals surface area contributed by atoms with Gasteiger partial charge in [-0.05, 0) is 24.7 Å². The van der Waals surface area contributed by atoms with Crippen molar-refractivity contribution in [1.29, 1.82) is 0 Å². The van der Waals surface area contributed by atoms with Crippen molar-refractivity contribution in [3.05, 3.63) is 12.2 Å². The Morgan fingerprint density at radius 3 is 2.50 bits per heavy atom. The normalized spacial score (nSPS) is 32.7. The standard InChI is InChI=1S/C14H21NO3/c1-2-3-4-7-15-13(16)11-9-5-6-10(8-9)12(11)14(17)18/h5-6,9-12H,2-4,7-8H2,1H3,(H,15,16)(H,17,18)/t9-,10-,11-,12+/m0/s1. The van der Waals surface area contributed by atoms with Crippen molar-refractivity contribution >= 4 is 11.9 Å². The molecule has 0 aromatic carbocycles. The minimum absolute atomic E-state index is 0.0545. The SMILES string of the molecule is CCCCCNC(=O)[C@@H]1[C@H](C(=O)O)[C@H]2C=C[C@H]1C2. The predicted octanol–water partition coefficient (Wildman–Crippen LogP) is 1.82. The van der Waals surface area contributed by atoms with Crippen molar-refractivity contribution in [2.45, 2.75) is 32.6 Å². The number of hydrogen-bond donors (Lipinski definition) is 2. The molecule has 18 heavy (non-hydrogen) atoms. The summed E-state index contributed by atoms with van der Waals surface area (Å²) in [5.74, 6) is -1.61. The molecule has 0 aromatic heterocycles. The number of rotatable bonds is 6. The molecule has 0 unspecified atom stereocenters. The molecule has 4 nitrogen and oxygen atoms in total. The first-order chi connectivity index (χ1) is 8.65. The zero-order valence-electron chi connectivity index (χ0n) is 10.8. The van der Waals surface area contributed by atoms with Gasteiger partial charge < -0.3 is 10.4 Å². The highest BCUT2D eigenvalue weighted by atomic mass is 16.4. The monoisotopic (exact) mass is 251 g/mol. The lowest BCUT2D eigenvalue weighted by Gasteiger charge is -2.23. The molecule has 4 heteroatoms. The van der Waals surface area contributed by atoms with E-state index in [-0.39, 0.29) is 23.7 Å². The molecule has 0 saturated heterocycles. The number of fused-ring (bicyclic) bond motifs is 2. The molecule has 1 saturated carbocycles. The fourth-order valence-electron chi connectivity index (χ4n) is 3.22. The first-order valence-electron chi connectivity index (χ1n) is 6.84. The van der Waals surface area contributed by atoms with Crippen LogP contribution in [0.4, 0.5) is 0 Å². The fourth-order valence-corrected chi connectivity index (χ4v) is 3.22. The molecule has 2 aliphatic carbocycles. The molecule has 2 N–H and O–H groups in total. The summed E-state index contributed by atoms with van der Waals surface area (Å²) in [6.45, 7) is 2.78. The highest BCUT2D eigenvalue weighted by Crippen LogP contribution is 2.48. The van der Waals surface area contributed by atoms with Gasteiger partial charge in [0.2, 0.25) is 5.91 Å². The number of nitrogens with one attached hydrogen (secondary N) is 1. The summed E-state index contributed by atoms with van der Waals surface area (Å²) in [4.78, 5) is 23.4. The Morgan fingerprint density at radius 2 is 1.89 bits per heavy atom. The van der Waals surface area contributed by atoms with Gasteiger partial charge in [0, 0.05) is 6.54 Å². The summed E-state index contributed by atoms with van der Waals surface area (Å²) in [7, 11) is 0. The van der Waals surface area contributed by atoms with E-state index >= 15 is 0 Å². The Bertz CT molecular complexity index is 364. The molecule has 2 aliphatic rings. The van der Waals surface area contributed by atoms with E-state index in [4.69, 9.17) is 0 Å². The first-order valence-corrected chi connectivity index (χ1v) is 6.84. The van der Waals surface area contributed by atoms with Crippen LogP contribution >= 0.6 is 0 Å². The number of carbonyl (C=O) groups excluding carboxylic acids is 1. The van der Waals surface area contributed by atoms with Gasteiger partial charge in [0.15, 0.2) is 0 Å². The lowest BCUT2D eigenvalue weighted by atomic mass is 9.82. The van der Waals surface area contributed by atoms with Gasteiger partial charge >= 0.3 is 5.97 Å². The zero-order valence-corrected chi connectivity index (χ0v) is 10.8. The van der Waals surface area contributed by atoms with E-state index in [1.165, 1.54) is 0 Å². The van der Waals surface area contributed by atoms with Crippen LogP contribution in [0.2, 0.25) is 0 Å². The Hall–Kier alpha value is -1.32. The fraction of sp³-hybridized carbons (Fsp3) is 0.714. The van der Waals surface area contributed by atoms with Gasteiger partial charge in [0.05, 0.1) is 11.8 Å². The van der Waals surface area contributed by atoms with Gasteiger partial charge in [-0.2, -0.15) is 0 Å². The van der Waals surface area contributed by atoms with Crippen molar-refractivity contribution in [3.8, 4) is 0 Å². The largest absolute Gasteiger partial charge is 0.481 e. The van der Waals surface area contributed by atoms with E-state index in [0.29, 0.717) is 6.54 Å². The maximum Gasteiger partial charge on any atom is 0.307 e. The van der Waals surface area contributed by atoms with E-state index in [1.807, 2.05) is 12.2 Å². The number of carboxylic acid groups (broad SMARTS) is 1. The Balaban J connectivity index is 1.92. The highest BCUT2D eigenvalue weighted by molar-refractivity contribution is 5.86. The van der Waals surface area contributed by atoms with Crippen LogP contribution < -0.4 is 5.32 Å². The molecule has 0 radical (unpaired) electrons. The van der Waals surface area contributed by atoms with E-state index in [0.717, 1.165) is 25.7 Å². The van der Waals surface area contributed by atoms with Gasteiger partial charge in [0.1, 0.15) is 0 Å². The molecule has 0 aromatic rings. The van der Waals surface area contributed by atoms with Crippen molar-refractivity contribution in [2.75, 3.05) is 6.54 Å². The third-order valence-electron chi connectivity index (χ3n) is 4.13. The quantitative estimate of drug-likeness (QED) is 0.559. The van der Waals surface area contributed by atoms with Crippen molar-refractivity contribution in [1.82, 2.24) is 5.32 Å². The maximum absolute atomic E-state index is 12.1. The number of unbranched alkanes of at least 4 members (excludes halogenated alkanes) is 2. The number of allylic oxidation sites excluding steroid dienone is 2. The van der Waals surface area contributed by atoms with E-state index < -0.39 is 11.9 Å². The molecule has 2 rings (SSSR count). The Kier molecular flexibility index (Phi) is 4.04. The first kappa shape index (κ1) is 13.1. The second-order valence-corrected chi connectivity index (χ2v) is 5.34. The summed E-state index contributed by atoms with van der Waals surface area (Å²) in [5.41, 5.74) is 0. The second-order valence-electron chi connectivity index (χ2n) is 5.34. The number of carboxylic acids is 1. The van der Waals surface area contributed by atoms with Crippen LogP contribution in [-0.4, -0.2) is 23.5 Å². The predicted molar refractivity (Wildman–Crippen MR) is 67.9 cm³/mol. The van der Waals surface area contributed by atoms with Crippen LogP contribution in [0.1, 0.15) is 32.6 Å². The van der Waals surface area contributed by atoms with Gasteiger partial charge in [-0.25, -0.2) is 0 Å². The molecule has 4 atom stereocenters. The number of amides is 1. The van der Waals surface area contributed by atoms with Crippen molar-refractivity contribution < 1.29 is 14.7 Å². The van der Waals surface area contributed by atoms with Crippen molar-refractivity contribution in [3.63, 3.8) is 0 Å². The third-order valence-corrected chi connectivity index (χ3v) is 4.13. The molecular weight excluding hydrogens is 230 g/mol.